The Labute approximate surface area is 95.4 Å². The highest BCUT2D eigenvalue weighted by molar-refractivity contribution is 4.87. The summed E-state index contributed by atoms with van der Waals surface area (Å²) in [4.78, 5) is 6.46. The molecule has 0 atom stereocenters. The molecule has 0 aliphatic heterocycles. The van der Waals surface area contributed by atoms with E-state index in [2.05, 4.69) is 15.0 Å². The predicted octanol–water partition coefficient (Wildman–Crippen LogP) is 1.11. The van der Waals surface area contributed by atoms with Crippen LogP contribution in [0.15, 0.2) is 4.52 Å². The first-order valence-electron chi connectivity index (χ1n) is 5.93. The van der Waals surface area contributed by atoms with Crippen molar-refractivity contribution in [1.82, 2.24) is 15.0 Å². The van der Waals surface area contributed by atoms with Gasteiger partial charge in [-0.3, -0.25) is 4.90 Å². The molecule has 5 heteroatoms. The average Bonchev–Trinajstić information content (AvgIpc) is 2.88. The summed E-state index contributed by atoms with van der Waals surface area (Å²) >= 11 is 0. The van der Waals surface area contributed by atoms with Crippen molar-refractivity contribution in [2.45, 2.75) is 45.2 Å². The Morgan fingerprint density at radius 3 is 2.75 bits per heavy atom. The third-order valence-corrected chi connectivity index (χ3v) is 3.14. The lowest BCUT2D eigenvalue weighted by Crippen LogP contribution is -2.35. The Kier molecular flexibility index (Phi) is 3.90. The van der Waals surface area contributed by atoms with Gasteiger partial charge < -0.3 is 9.63 Å². The molecule has 0 amide bonds. The predicted molar refractivity (Wildman–Crippen MR) is 58.8 cm³/mol. The van der Waals surface area contributed by atoms with Crippen molar-refractivity contribution in [3.8, 4) is 0 Å². The van der Waals surface area contributed by atoms with Crippen molar-refractivity contribution >= 4 is 0 Å². The summed E-state index contributed by atoms with van der Waals surface area (Å²) in [5, 5.41) is 13.0. The van der Waals surface area contributed by atoms with Crippen LogP contribution < -0.4 is 0 Å². The van der Waals surface area contributed by atoms with Crippen molar-refractivity contribution in [2.24, 2.45) is 0 Å². The number of aliphatic hydroxyl groups is 1. The van der Waals surface area contributed by atoms with Gasteiger partial charge in [-0.1, -0.05) is 18.0 Å². The molecule has 1 heterocycles. The van der Waals surface area contributed by atoms with Crippen molar-refractivity contribution in [3.63, 3.8) is 0 Å². The van der Waals surface area contributed by atoms with Crippen LogP contribution in [0.5, 0.6) is 0 Å². The van der Waals surface area contributed by atoms with E-state index in [-0.39, 0.29) is 6.61 Å². The van der Waals surface area contributed by atoms with Gasteiger partial charge in [0.05, 0.1) is 13.2 Å². The second-order valence-electron chi connectivity index (χ2n) is 4.36. The summed E-state index contributed by atoms with van der Waals surface area (Å²) in [6.07, 6.45) is 5.02. The number of aromatic nitrogens is 2. The molecule has 0 saturated heterocycles. The van der Waals surface area contributed by atoms with Gasteiger partial charge in [-0.15, -0.1) is 0 Å². The fraction of sp³-hybridized carbons (Fsp3) is 0.818. The number of aryl methyl sites for hydroxylation is 1. The number of rotatable bonds is 5. The molecular formula is C11H19N3O2. The fourth-order valence-electron chi connectivity index (χ4n) is 2.38. The van der Waals surface area contributed by atoms with Crippen LogP contribution in [-0.4, -0.2) is 39.3 Å². The molecule has 0 unspecified atom stereocenters. The van der Waals surface area contributed by atoms with E-state index in [1.807, 2.05) is 0 Å². The molecule has 90 valence electrons. The zero-order valence-electron chi connectivity index (χ0n) is 9.72. The molecule has 2 rings (SSSR count). The molecule has 1 saturated carbocycles. The fourth-order valence-corrected chi connectivity index (χ4v) is 2.38. The minimum atomic E-state index is 0.188. The first kappa shape index (κ1) is 11.5. The maximum atomic E-state index is 9.07. The lowest BCUT2D eigenvalue weighted by molar-refractivity contribution is 0.140. The summed E-state index contributed by atoms with van der Waals surface area (Å²) in [5.41, 5.74) is 0. The largest absolute Gasteiger partial charge is 0.395 e. The highest BCUT2D eigenvalue weighted by Crippen LogP contribution is 2.24. The summed E-state index contributed by atoms with van der Waals surface area (Å²) < 4.78 is 4.96. The maximum Gasteiger partial charge on any atom is 0.223 e. The van der Waals surface area contributed by atoms with Crippen LogP contribution in [0.4, 0.5) is 0 Å². The molecule has 1 aliphatic rings. The molecule has 16 heavy (non-hydrogen) atoms. The molecule has 0 aromatic carbocycles. The molecule has 0 spiro atoms. The molecular weight excluding hydrogens is 206 g/mol. The van der Waals surface area contributed by atoms with Gasteiger partial charge >= 0.3 is 0 Å². The first-order valence-corrected chi connectivity index (χ1v) is 5.93. The lowest BCUT2D eigenvalue weighted by atomic mass is 10.2. The molecule has 1 aromatic rings. The van der Waals surface area contributed by atoms with E-state index in [0.717, 1.165) is 5.82 Å². The second-order valence-corrected chi connectivity index (χ2v) is 4.36. The van der Waals surface area contributed by atoms with Crippen LogP contribution >= 0.6 is 0 Å². The van der Waals surface area contributed by atoms with Crippen molar-refractivity contribution in [3.05, 3.63) is 11.7 Å². The van der Waals surface area contributed by atoms with Crippen LogP contribution in [0.3, 0.4) is 0 Å². The van der Waals surface area contributed by atoms with Gasteiger partial charge in [0.1, 0.15) is 0 Å². The zero-order chi connectivity index (χ0) is 11.4. The van der Waals surface area contributed by atoms with E-state index in [0.29, 0.717) is 25.0 Å². The molecule has 5 nitrogen and oxygen atoms in total. The van der Waals surface area contributed by atoms with Crippen LogP contribution in [0, 0.1) is 6.92 Å². The van der Waals surface area contributed by atoms with Crippen molar-refractivity contribution in [2.75, 3.05) is 13.2 Å². The Morgan fingerprint density at radius 1 is 1.44 bits per heavy atom. The third-order valence-electron chi connectivity index (χ3n) is 3.14. The van der Waals surface area contributed by atoms with E-state index < -0.39 is 0 Å². The summed E-state index contributed by atoms with van der Waals surface area (Å²) in [6, 6.07) is 0.575. The van der Waals surface area contributed by atoms with Gasteiger partial charge in [0.2, 0.25) is 5.89 Å². The molecule has 1 fully saturated rings. The quantitative estimate of drug-likeness (QED) is 0.813. The van der Waals surface area contributed by atoms with Crippen LogP contribution in [0.1, 0.15) is 37.4 Å². The van der Waals surface area contributed by atoms with Crippen LogP contribution in [0.25, 0.3) is 0 Å². The van der Waals surface area contributed by atoms with Gasteiger partial charge in [0, 0.05) is 19.5 Å². The first-order chi connectivity index (χ1) is 7.79. The van der Waals surface area contributed by atoms with E-state index >= 15 is 0 Å². The lowest BCUT2D eigenvalue weighted by Gasteiger charge is -2.26. The molecule has 0 radical (unpaired) electrons. The minimum absolute atomic E-state index is 0.188. The highest BCUT2D eigenvalue weighted by Gasteiger charge is 2.23. The standard InChI is InChI=1S/C11H19N3O2/c1-9-12-11(13-16-9)8-14(6-7-15)10-4-2-3-5-10/h10,15H,2-8H2,1H3. The van der Waals surface area contributed by atoms with Crippen molar-refractivity contribution in [1.29, 1.82) is 0 Å². The average molecular weight is 225 g/mol. The summed E-state index contributed by atoms with van der Waals surface area (Å²) in [6.45, 7) is 3.36. The molecule has 1 aliphatic carbocycles. The number of hydrogen-bond donors (Lipinski definition) is 1. The van der Waals surface area contributed by atoms with Crippen molar-refractivity contribution < 1.29 is 9.63 Å². The van der Waals surface area contributed by atoms with E-state index in [1.54, 1.807) is 6.92 Å². The molecule has 1 N–H and O–H groups in total. The van der Waals surface area contributed by atoms with E-state index in [9.17, 15) is 0 Å². The van der Waals surface area contributed by atoms with Gasteiger partial charge in [0.25, 0.3) is 0 Å². The zero-order valence-corrected chi connectivity index (χ0v) is 9.72. The van der Waals surface area contributed by atoms with Crippen LogP contribution in [0.2, 0.25) is 0 Å². The monoisotopic (exact) mass is 225 g/mol. The van der Waals surface area contributed by atoms with E-state index in [1.165, 1.54) is 25.7 Å². The Hall–Kier alpha value is -0.940. The second kappa shape index (κ2) is 5.41. The maximum absolute atomic E-state index is 9.07. The van der Waals surface area contributed by atoms with Gasteiger partial charge in [0.15, 0.2) is 5.82 Å². The number of nitrogens with zero attached hydrogens (tertiary/aromatic N) is 3. The Morgan fingerprint density at radius 2 is 2.19 bits per heavy atom. The summed E-state index contributed by atoms with van der Waals surface area (Å²) in [7, 11) is 0. The van der Waals surface area contributed by atoms with Gasteiger partial charge in [-0.05, 0) is 12.8 Å². The third kappa shape index (κ3) is 2.80. The molecule has 1 aromatic heterocycles. The van der Waals surface area contributed by atoms with Gasteiger partial charge in [-0.25, -0.2) is 0 Å². The Bertz CT molecular complexity index is 321. The number of hydrogen-bond acceptors (Lipinski definition) is 5. The van der Waals surface area contributed by atoms with Crippen LogP contribution in [-0.2, 0) is 6.54 Å². The van der Waals surface area contributed by atoms with Gasteiger partial charge in [-0.2, -0.15) is 4.98 Å². The molecule has 0 bridgehead atoms. The topological polar surface area (TPSA) is 62.4 Å². The SMILES string of the molecule is Cc1nc(CN(CCO)C2CCCC2)no1. The smallest absolute Gasteiger partial charge is 0.223 e. The Balaban J connectivity index is 1.96. The summed E-state index contributed by atoms with van der Waals surface area (Å²) in [5.74, 6) is 1.32. The minimum Gasteiger partial charge on any atom is -0.395 e. The number of aliphatic hydroxyl groups excluding tert-OH is 1. The highest BCUT2D eigenvalue weighted by atomic mass is 16.5. The normalized spacial score (nSPS) is 17.4. The van der Waals surface area contributed by atoms with E-state index in [4.69, 9.17) is 9.63 Å².